The smallest absolute Gasteiger partial charge is 0.260 e. The molecule has 0 radical (unpaired) electrons. The molecule has 0 saturated carbocycles. The van der Waals surface area contributed by atoms with Crippen molar-refractivity contribution in [2.45, 2.75) is 33.4 Å². The van der Waals surface area contributed by atoms with Crippen LogP contribution in [0.2, 0.25) is 0 Å². The fourth-order valence-corrected chi connectivity index (χ4v) is 3.94. The number of rotatable bonds is 5. The van der Waals surface area contributed by atoms with Crippen molar-refractivity contribution in [1.29, 1.82) is 0 Å². The minimum atomic E-state index is -0.594. The number of amides is 1. The first-order valence-electron chi connectivity index (χ1n) is 8.27. The number of benzene rings is 1. The van der Waals surface area contributed by atoms with Crippen LogP contribution in [-0.2, 0) is 13.1 Å². The van der Waals surface area contributed by atoms with Crippen LogP contribution in [0.1, 0.15) is 34.1 Å². The van der Waals surface area contributed by atoms with Gasteiger partial charge in [-0.1, -0.05) is 6.92 Å². The molecule has 1 amide bonds. The Labute approximate surface area is 153 Å². The molecule has 26 heavy (non-hydrogen) atoms. The molecule has 2 heterocycles. The number of pyridine rings is 1. The normalized spacial score (nSPS) is 11.1. The molecule has 0 fully saturated rings. The highest BCUT2D eigenvalue weighted by Gasteiger charge is 2.20. The average Bonchev–Trinajstić information content (AvgIpc) is 2.95. The highest BCUT2D eigenvalue weighted by molar-refractivity contribution is 7.19. The lowest BCUT2D eigenvalue weighted by atomic mass is 10.1. The number of fused-ring (bicyclic) bond motifs is 1. The van der Waals surface area contributed by atoms with Crippen molar-refractivity contribution in [3.8, 4) is 0 Å². The molecule has 4 nitrogen and oxygen atoms in total. The van der Waals surface area contributed by atoms with E-state index in [1.54, 1.807) is 17.7 Å². The fraction of sp³-hybridized carbons (Fsp3) is 0.263. The molecule has 0 spiro atoms. The van der Waals surface area contributed by atoms with Gasteiger partial charge in [-0.2, -0.15) is 0 Å². The van der Waals surface area contributed by atoms with Crippen molar-refractivity contribution in [3.63, 3.8) is 0 Å². The molecule has 1 aromatic carbocycles. The molecule has 0 unspecified atom stereocenters. The Morgan fingerprint density at radius 3 is 2.77 bits per heavy atom. The van der Waals surface area contributed by atoms with Gasteiger partial charge in [-0.15, -0.1) is 11.3 Å². The van der Waals surface area contributed by atoms with Crippen molar-refractivity contribution >= 4 is 27.3 Å². The van der Waals surface area contributed by atoms with Gasteiger partial charge in [0.15, 0.2) is 0 Å². The first-order chi connectivity index (χ1) is 12.4. The van der Waals surface area contributed by atoms with E-state index in [0.29, 0.717) is 22.4 Å². The van der Waals surface area contributed by atoms with Crippen LogP contribution in [0.15, 0.2) is 35.3 Å². The molecular formula is C19H18F2N2O2S. The van der Waals surface area contributed by atoms with E-state index in [1.807, 2.05) is 13.0 Å². The summed E-state index contributed by atoms with van der Waals surface area (Å²) in [6, 6.07) is 4.91. The molecule has 0 aliphatic carbocycles. The van der Waals surface area contributed by atoms with Crippen LogP contribution in [0.25, 0.3) is 10.1 Å². The summed E-state index contributed by atoms with van der Waals surface area (Å²) in [6.45, 7) is 4.15. The first-order valence-corrected chi connectivity index (χ1v) is 9.08. The van der Waals surface area contributed by atoms with E-state index in [1.165, 1.54) is 11.3 Å². The second-order valence-electron chi connectivity index (χ2n) is 6.01. The SMILES string of the molecule is CCCn1ccc2sc(C)c(C(=O)NCc3cc(F)ccc3F)c2c1=O. The van der Waals surface area contributed by atoms with Crippen molar-refractivity contribution in [3.05, 3.63) is 68.5 Å². The van der Waals surface area contributed by atoms with E-state index in [0.717, 1.165) is 29.3 Å². The number of hydrogen-bond donors (Lipinski definition) is 1. The number of nitrogens with one attached hydrogen (secondary N) is 1. The highest BCUT2D eigenvalue weighted by atomic mass is 32.1. The zero-order chi connectivity index (χ0) is 18.8. The zero-order valence-corrected chi connectivity index (χ0v) is 15.3. The van der Waals surface area contributed by atoms with Gasteiger partial charge in [-0.05, 0) is 37.6 Å². The van der Waals surface area contributed by atoms with E-state index in [4.69, 9.17) is 0 Å². The minimum Gasteiger partial charge on any atom is -0.348 e. The lowest BCUT2D eigenvalue weighted by molar-refractivity contribution is 0.0952. The van der Waals surface area contributed by atoms with Crippen LogP contribution in [0.4, 0.5) is 8.78 Å². The van der Waals surface area contributed by atoms with Gasteiger partial charge in [-0.3, -0.25) is 9.59 Å². The number of nitrogens with zero attached hydrogens (tertiary/aromatic N) is 1. The Hall–Kier alpha value is -2.54. The van der Waals surface area contributed by atoms with Gasteiger partial charge in [-0.25, -0.2) is 8.78 Å². The fourth-order valence-electron chi connectivity index (χ4n) is 2.90. The molecule has 0 aliphatic rings. The molecule has 7 heteroatoms. The summed E-state index contributed by atoms with van der Waals surface area (Å²) in [5.74, 6) is -1.64. The topological polar surface area (TPSA) is 51.1 Å². The van der Waals surface area contributed by atoms with Crippen LogP contribution in [0.3, 0.4) is 0 Å². The summed E-state index contributed by atoms with van der Waals surface area (Å²) in [7, 11) is 0. The maximum atomic E-state index is 13.7. The standard InChI is InChI=1S/C19H18F2N2O2S/c1-3-7-23-8-6-15-17(19(23)25)16(11(2)26-15)18(24)22-10-12-9-13(20)4-5-14(12)21/h4-6,8-9H,3,7,10H2,1-2H3,(H,22,24). The molecule has 0 saturated heterocycles. The van der Waals surface area contributed by atoms with Crippen molar-refractivity contribution in [2.75, 3.05) is 0 Å². The van der Waals surface area contributed by atoms with Crippen molar-refractivity contribution in [1.82, 2.24) is 9.88 Å². The Morgan fingerprint density at radius 1 is 1.27 bits per heavy atom. The van der Waals surface area contributed by atoms with Crippen LogP contribution in [-0.4, -0.2) is 10.5 Å². The Balaban J connectivity index is 1.95. The highest BCUT2D eigenvalue weighted by Crippen LogP contribution is 2.28. The largest absolute Gasteiger partial charge is 0.348 e. The summed E-state index contributed by atoms with van der Waals surface area (Å²) in [6.07, 6.45) is 2.53. The minimum absolute atomic E-state index is 0.0546. The van der Waals surface area contributed by atoms with Gasteiger partial charge in [0.25, 0.3) is 11.5 Å². The number of carbonyl (C=O) groups is 1. The Kier molecular flexibility index (Phi) is 5.18. The molecule has 0 aliphatic heterocycles. The number of aryl methyl sites for hydroxylation is 2. The van der Waals surface area contributed by atoms with Crippen LogP contribution in [0.5, 0.6) is 0 Å². The van der Waals surface area contributed by atoms with Gasteiger partial charge in [0.2, 0.25) is 0 Å². The maximum Gasteiger partial charge on any atom is 0.260 e. The monoisotopic (exact) mass is 376 g/mol. The third-order valence-electron chi connectivity index (χ3n) is 4.13. The number of carbonyl (C=O) groups excluding carboxylic acids is 1. The molecule has 3 aromatic rings. The van der Waals surface area contributed by atoms with Gasteiger partial charge >= 0.3 is 0 Å². The Bertz CT molecular complexity index is 1040. The summed E-state index contributed by atoms with van der Waals surface area (Å²) < 4.78 is 29.3. The second-order valence-corrected chi connectivity index (χ2v) is 7.26. The van der Waals surface area contributed by atoms with Gasteiger partial charge < -0.3 is 9.88 Å². The number of aromatic nitrogens is 1. The quantitative estimate of drug-likeness (QED) is 0.732. The van der Waals surface area contributed by atoms with E-state index in [9.17, 15) is 18.4 Å². The van der Waals surface area contributed by atoms with Crippen LogP contribution in [0, 0.1) is 18.6 Å². The maximum absolute atomic E-state index is 13.7. The lowest BCUT2D eigenvalue weighted by Gasteiger charge is -2.08. The summed E-state index contributed by atoms with van der Waals surface area (Å²) in [4.78, 5) is 26.1. The van der Waals surface area contributed by atoms with Gasteiger partial charge in [0, 0.05) is 34.4 Å². The molecule has 0 atom stereocenters. The molecular weight excluding hydrogens is 358 g/mol. The van der Waals surface area contributed by atoms with Gasteiger partial charge in [0.05, 0.1) is 10.9 Å². The average molecular weight is 376 g/mol. The second kappa shape index (κ2) is 7.37. The first kappa shape index (κ1) is 18.3. The number of halogens is 2. The van der Waals surface area contributed by atoms with E-state index >= 15 is 0 Å². The van der Waals surface area contributed by atoms with Crippen LogP contribution < -0.4 is 10.9 Å². The van der Waals surface area contributed by atoms with E-state index < -0.39 is 17.5 Å². The van der Waals surface area contributed by atoms with E-state index in [-0.39, 0.29) is 17.7 Å². The predicted molar refractivity (Wildman–Crippen MR) is 98.6 cm³/mol. The molecule has 2 aromatic heterocycles. The van der Waals surface area contributed by atoms with E-state index in [2.05, 4.69) is 5.32 Å². The molecule has 3 rings (SSSR count). The van der Waals surface area contributed by atoms with Gasteiger partial charge in [0.1, 0.15) is 11.6 Å². The van der Waals surface area contributed by atoms with Crippen LogP contribution >= 0.6 is 11.3 Å². The predicted octanol–water partition coefficient (Wildman–Crippen LogP) is 3.99. The summed E-state index contributed by atoms with van der Waals surface area (Å²) in [5, 5.41) is 2.97. The number of hydrogen-bond acceptors (Lipinski definition) is 3. The number of thiophene rings is 1. The Morgan fingerprint density at radius 2 is 2.04 bits per heavy atom. The van der Waals surface area contributed by atoms with Crippen molar-refractivity contribution in [2.24, 2.45) is 0 Å². The third-order valence-corrected chi connectivity index (χ3v) is 5.20. The molecule has 136 valence electrons. The summed E-state index contributed by atoms with van der Waals surface area (Å²) in [5.41, 5.74) is 0.145. The molecule has 0 bridgehead atoms. The lowest BCUT2D eigenvalue weighted by Crippen LogP contribution is -2.26. The summed E-state index contributed by atoms with van der Waals surface area (Å²) >= 11 is 1.37. The zero-order valence-electron chi connectivity index (χ0n) is 14.4. The third kappa shape index (κ3) is 3.39. The van der Waals surface area contributed by atoms with Crippen molar-refractivity contribution < 1.29 is 13.6 Å². The molecule has 1 N–H and O–H groups in total.